The number of nitrogens with zero attached hydrogens (tertiary/aromatic N) is 1. The Morgan fingerprint density at radius 2 is 2.18 bits per heavy atom. The number of benzene rings is 1. The van der Waals surface area contributed by atoms with Crippen LogP contribution in [0.4, 0.5) is 4.39 Å². The van der Waals surface area contributed by atoms with Crippen molar-refractivity contribution in [2.45, 2.75) is 18.7 Å². The van der Waals surface area contributed by atoms with Gasteiger partial charge in [-0.05, 0) is 31.5 Å². The minimum absolute atomic E-state index is 0.00828. The molecule has 0 spiro atoms. The summed E-state index contributed by atoms with van der Waals surface area (Å²) in [5, 5.41) is 0.134. The van der Waals surface area contributed by atoms with Crippen LogP contribution in [-0.2, 0) is 0 Å². The highest BCUT2D eigenvalue weighted by molar-refractivity contribution is 6.33. The van der Waals surface area contributed by atoms with Crippen molar-refractivity contribution in [3.05, 3.63) is 34.6 Å². The van der Waals surface area contributed by atoms with Gasteiger partial charge < -0.3 is 4.90 Å². The molecule has 94 valence electrons. The van der Waals surface area contributed by atoms with E-state index in [4.69, 9.17) is 23.2 Å². The molecule has 1 amide bonds. The number of rotatable bonds is 4. The second-order valence-corrected chi connectivity index (χ2v) is 5.07. The molecule has 0 fully saturated rings. The molecule has 0 aliphatic heterocycles. The molecular formula is C12H14Cl2FNO. The van der Waals surface area contributed by atoms with Gasteiger partial charge in [0.05, 0.1) is 10.6 Å². The molecular weight excluding hydrogens is 264 g/mol. The van der Waals surface area contributed by atoms with Crippen molar-refractivity contribution in [1.82, 2.24) is 4.90 Å². The van der Waals surface area contributed by atoms with Gasteiger partial charge in [-0.25, -0.2) is 4.39 Å². The first-order valence-corrected chi connectivity index (χ1v) is 6.08. The van der Waals surface area contributed by atoms with Gasteiger partial charge in [-0.15, -0.1) is 11.6 Å². The van der Waals surface area contributed by atoms with E-state index in [1.54, 1.807) is 7.05 Å². The average Bonchev–Trinajstić information content (AvgIpc) is 2.25. The molecule has 1 unspecified atom stereocenters. The van der Waals surface area contributed by atoms with E-state index in [2.05, 4.69) is 0 Å². The first kappa shape index (κ1) is 14.3. The highest BCUT2D eigenvalue weighted by Gasteiger charge is 2.15. The van der Waals surface area contributed by atoms with Crippen molar-refractivity contribution in [3.8, 4) is 0 Å². The molecule has 0 aromatic heterocycles. The van der Waals surface area contributed by atoms with E-state index in [0.29, 0.717) is 18.5 Å². The highest BCUT2D eigenvalue weighted by Crippen LogP contribution is 2.19. The maximum atomic E-state index is 12.8. The number of carbonyl (C=O) groups excluding carboxylic acids is 1. The first-order valence-electron chi connectivity index (χ1n) is 5.26. The normalized spacial score (nSPS) is 12.3. The smallest absolute Gasteiger partial charge is 0.255 e. The molecule has 1 rings (SSSR count). The van der Waals surface area contributed by atoms with Crippen LogP contribution in [0.3, 0.4) is 0 Å². The summed E-state index contributed by atoms with van der Waals surface area (Å²) in [5.74, 6) is -0.684. The minimum atomic E-state index is -0.455. The van der Waals surface area contributed by atoms with Crippen molar-refractivity contribution < 1.29 is 9.18 Å². The molecule has 0 bridgehead atoms. The minimum Gasteiger partial charge on any atom is -0.342 e. The van der Waals surface area contributed by atoms with Gasteiger partial charge in [0.2, 0.25) is 0 Å². The number of carbonyl (C=O) groups is 1. The molecule has 0 aliphatic rings. The van der Waals surface area contributed by atoms with Crippen LogP contribution in [0, 0.1) is 5.82 Å². The zero-order valence-corrected chi connectivity index (χ0v) is 11.2. The Kier molecular flexibility index (Phi) is 5.22. The van der Waals surface area contributed by atoms with Crippen LogP contribution in [0.5, 0.6) is 0 Å². The van der Waals surface area contributed by atoms with E-state index in [9.17, 15) is 9.18 Å². The Labute approximate surface area is 110 Å². The van der Waals surface area contributed by atoms with E-state index < -0.39 is 5.82 Å². The quantitative estimate of drug-likeness (QED) is 0.771. The lowest BCUT2D eigenvalue weighted by atomic mass is 10.2. The fraction of sp³-hybridized carbons (Fsp3) is 0.417. The SMILES string of the molecule is CC(Cl)CCN(C)C(=O)c1ccc(F)cc1Cl. The van der Waals surface area contributed by atoms with Crippen LogP contribution in [0.25, 0.3) is 0 Å². The lowest BCUT2D eigenvalue weighted by Crippen LogP contribution is -2.29. The molecule has 1 aromatic rings. The molecule has 0 saturated carbocycles. The summed E-state index contributed by atoms with van der Waals surface area (Å²) < 4.78 is 12.8. The maximum absolute atomic E-state index is 12.8. The second kappa shape index (κ2) is 6.22. The van der Waals surface area contributed by atoms with Crippen LogP contribution >= 0.6 is 23.2 Å². The van der Waals surface area contributed by atoms with Crippen LogP contribution in [0.1, 0.15) is 23.7 Å². The van der Waals surface area contributed by atoms with E-state index in [1.165, 1.54) is 17.0 Å². The summed E-state index contributed by atoms with van der Waals surface area (Å²) in [6, 6.07) is 3.74. The van der Waals surface area contributed by atoms with Gasteiger partial charge >= 0.3 is 0 Å². The zero-order valence-electron chi connectivity index (χ0n) is 9.71. The summed E-state index contributed by atoms with van der Waals surface area (Å²) in [6.07, 6.45) is 0.697. The lowest BCUT2D eigenvalue weighted by molar-refractivity contribution is 0.0794. The Bertz CT molecular complexity index is 409. The molecule has 5 heteroatoms. The van der Waals surface area contributed by atoms with Crippen LogP contribution in [-0.4, -0.2) is 29.8 Å². The van der Waals surface area contributed by atoms with Crippen molar-refractivity contribution in [2.24, 2.45) is 0 Å². The van der Waals surface area contributed by atoms with Crippen molar-refractivity contribution >= 4 is 29.1 Å². The fourth-order valence-corrected chi connectivity index (χ4v) is 1.69. The molecule has 0 N–H and O–H groups in total. The molecule has 0 heterocycles. The maximum Gasteiger partial charge on any atom is 0.255 e. The van der Waals surface area contributed by atoms with Gasteiger partial charge in [-0.2, -0.15) is 0 Å². The van der Waals surface area contributed by atoms with Crippen molar-refractivity contribution in [3.63, 3.8) is 0 Å². The molecule has 1 atom stereocenters. The molecule has 17 heavy (non-hydrogen) atoms. The lowest BCUT2D eigenvalue weighted by Gasteiger charge is -2.18. The summed E-state index contributed by atoms with van der Waals surface area (Å²) in [6.45, 7) is 2.40. The monoisotopic (exact) mass is 277 g/mol. The largest absolute Gasteiger partial charge is 0.342 e. The van der Waals surface area contributed by atoms with E-state index in [1.807, 2.05) is 6.92 Å². The Balaban J connectivity index is 2.75. The third kappa shape index (κ3) is 4.17. The van der Waals surface area contributed by atoms with Crippen LogP contribution in [0.15, 0.2) is 18.2 Å². The third-order valence-electron chi connectivity index (χ3n) is 2.37. The summed E-state index contributed by atoms with van der Waals surface area (Å²) in [7, 11) is 1.67. The summed E-state index contributed by atoms with van der Waals surface area (Å²) in [4.78, 5) is 13.5. The van der Waals surface area contributed by atoms with Crippen molar-refractivity contribution in [1.29, 1.82) is 0 Å². The van der Waals surface area contributed by atoms with Gasteiger partial charge in [0.25, 0.3) is 5.91 Å². The first-order chi connectivity index (χ1) is 7.91. The van der Waals surface area contributed by atoms with E-state index >= 15 is 0 Å². The fourth-order valence-electron chi connectivity index (χ4n) is 1.34. The Morgan fingerprint density at radius 1 is 1.53 bits per heavy atom. The summed E-state index contributed by atoms with van der Waals surface area (Å²) in [5.41, 5.74) is 0.304. The second-order valence-electron chi connectivity index (χ2n) is 3.92. The number of hydrogen-bond acceptors (Lipinski definition) is 1. The van der Waals surface area contributed by atoms with E-state index in [-0.39, 0.29) is 16.3 Å². The Hall–Kier alpha value is -0.800. The molecule has 1 aromatic carbocycles. The Morgan fingerprint density at radius 3 is 2.71 bits per heavy atom. The predicted molar refractivity (Wildman–Crippen MR) is 68.3 cm³/mol. The van der Waals surface area contributed by atoms with Crippen LogP contribution < -0.4 is 0 Å². The average molecular weight is 278 g/mol. The van der Waals surface area contributed by atoms with Crippen LogP contribution in [0.2, 0.25) is 5.02 Å². The molecule has 2 nitrogen and oxygen atoms in total. The molecule has 0 aliphatic carbocycles. The summed E-state index contributed by atoms with van der Waals surface area (Å²) >= 11 is 11.6. The van der Waals surface area contributed by atoms with Gasteiger partial charge in [0.15, 0.2) is 0 Å². The van der Waals surface area contributed by atoms with Gasteiger partial charge in [0, 0.05) is 19.0 Å². The zero-order chi connectivity index (χ0) is 13.0. The predicted octanol–water partition coefficient (Wildman–Crippen LogP) is 3.57. The molecule has 0 saturated heterocycles. The number of hydrogen-bond donors (Lipinski definition) is 0. The van der Waals surface area contributed by atoms with Crippen molar-refractivity contribution in [2.75, 3.05) is 13.6 Å². The number of halogens is 3. The number of alkyl halides is 1. The molecule has 0 radical (unpaired) electrons. The van der Waals surface area contributed by atoms with E-state index in [0.717, 1.165) is 6.07 Å². The highest BCUT2D eigenvalue weighted by atomic mass is 35.5. The van der Waals surface area contributed by atoms with Gasteiger partial charge in [-0.3, -0.25) is 4.79 Å². The standard InChI is InChI=1S/C12H14Cl2FNO/c1-8(13)5-6-16(2)12(17)10-4-3-9(15)7-11(10)14/h3-4,7-8H,5-6H2,1-2H3. The third-order valence-corrected chi connectivity index (χ3v) is 2.90. The number of amides is 1. The van der Waals surface area contributed by atoms with Gasteiger partial charge in [-0.1, -0.05) is 11.6 Å². The van der Waals surface area contributed by atoms with Gasteiger partial charge in [0.1, 0.15) is 5.82 Å². The topological polar surface area (TPSA) is 20.3 Å².